The first kappa shape index (κ1) is 16.0. The highest BCUT2D eigenvalue weighted by atomic mass is 32.1. The minimum atomic E-state index is -4.24. The number of halogens is 3. The van der Waals surface area contributed by atoms with Crippen LogP contribution in [-0.4, -0.2) is 22.8 Å². The molecule has 0 aliphatic heterocycles. The largest absolute Gasteiger partial charge is 0.480 e. The van der Waals surface area contributed by atoms with Gasteiger partial charge in [-0.1, -0.05) is 6.07 Å². The van der Waals surface area contributed by atoms with Gasteiger partial charge in [-0.25, -0.2) is 0 Å². The van der Waals surface area contributed by atoms with Crippen LogP contribution in [0.5, 0.6) is 0 Å². The molecule has 0 aliphatic rings. The van der Waals surface area contributed by atoms with Crippen molar-refractivity contribution in [2.24, 2.45) is 0 Å². The van der Waals surface area contributed by atoms with Crippen molar-refractivity contribution in [2.75, 3.05) is 0 Å². The number of carbonyl (C=O) groups is 1. The maximum Gasteiger partial charge on any atom is 0.389 e. The molecule has 19 heavy (non-hydrogen) atoms. The van der Waals surface area contributed by atoms with Crippen LogP contribution in [-0.2, 0) is 11.3 Å². The van der Waals surface area contributed by atoms with E-state index in [-0.39, 0.29) is 12.8 Å². The first-order valence-electron chi connectivity index (χ1n) is 5.80. The highest BCUT2D eigenvalue weighted by Crippen LogP contribution is 2.25. The summed E-state index contributed by atoms with van der Waals surface area (Å²) in [7, 11) is 0. The number of nitrogens with one attached hydrogen (secondary N) is 1. The summed E-state index contributed by atoms with van der Waals surface area (Å²) >= 11 is 1.47. The van der Waals surface area contributed by atoms with Gasteiger partial charge in [0.1, 0.15) is 5.54 Å². The highest BCUT2D eigenvalue weighted by Gasteiger charge is 2.34. The smallest absolute Gasteiger partial charge is 0.389 e. The standard InChI is InChI=1S/C12H16F3NO2S/c1-11(10(17)18,5-3-6-12(13,14)15)16-8-9-4-2-7-19-9/h2,4,7,16H,3,5-6,8H2,1H3,(H,17,18). The summed E-state index contributed by atoms with van der Waals surface area (Å²) in [5, 5.41) is 13.8. The Balaban J connectivity index is 2.51. The van der Waals surface area contributed by atoms with E-state index < -0.39 is 24.1 Å². The third kappa shape index (κ3) is 5.61. The quantitative estimate of drug-likeness (QED) is 0.810. The van der Waals surface area contributed by atoms with E-state index in [0.717, 1.165) is 4.88 Å². The van der Waals surface area contributed by atoms with Crippen LogP contribution in [0.4, 0.5) is 13.2 Å². The van der Waals surface area contributed by atoms with Crippen molar-refractivity contribution in [1.29, 1.82) is 0 Å². The van der Waals surface area contributed by atoms with E-state index in [4.69, 9.17) is 5.11 Å². The Bertz CT molecular complexity index is 406. The Kier molecular flexibility index (Phi) is 5.37. The first-order valence-corrected chi connectivity index (χ1v) is 6.68. The molecule has 1 aromatic rings. The van der Waals surface area contributed by atoms with Crippen LogP contribution >= 0.6 is 11.3 Å². The van der Waals surface area contributed by atoms with Gasteiger partial charge in [-0.3, -0.25) is 10.1 Å². The number of alkyl halides is 3. The SMILES string of the molecule is CC(CCCC(F)(F)F)(NCc1cccs1)C(=O)O. The van der Waals surface area contributed by atoms with Gasteiger partial charge in [0.15, 0.2) is 0 Å². The molecule has 7 heteroatoms. The lowest BCUT2D eigenvalue weighted by molar-refractivity contribution is -0.147. The number of hydrogen-bond acceptors (Lipinski definition) is 3. The summed E-state index contributed by atoms with van der Waals surface area (Å²) in [4.78, 5) is 12.1. The Morgan fingerprint density at radius 1 is 1.42 bits per heavy atom. The number of aliphatic carboxylic acids is 1. The van der Waals surface area contributed by atoms with E-state index >= 15 is 0 Å². The van der Waals surface area contributed by atoms with E-state index in [0.29, 0.717) is 6.54 Å². The molecule has 0 bridgehead atoms. The molecule has 0 radical (unpaired) electrons. The summed E-state index contributed by atoms with van der Waals surface area (Å²) in [5.74, 6) is -1.13. The molecule has 0 fully saturated rings. The van der Waals surface area contributed by atoms with Crippen molar-refractivity contribution in [3.05, 3.63) is 22.4 Å². The fourth-order valence-electron chi connectivity index (χ4n) is 1.61. The molecule has 1 unspecified atom stereocenters. The van der Waals surface area contributed by atoms with Crippen LogP contribution < -0.4 is 5.32 Å². The Morgan fingerprint density at radius 3 is 2.58 bits per heavy atom. The van der Waals surface area contributed by atoms with Crippen LogP contribution in [0, 0.1) is 0 Å². The minimum absolute atomic E-state index is 0.0623. The third-order valence-electron chi connectivity index (χ3n) is 2.84. The van der Waals surface area contributed by atoms with E-state index in [9.17, 15) is 18.0 Å². The van der Waals surface area contributed by atoms with Crippen molar-refractivity contribution < 1.29 is 23.1 Å². The number of carboxylic acid groups (broad SMARTS) is 1. The first-order chi connectivity index (χ1) is 8.73. The Hall–Kier alpha value is -1.08. The predicted octanol–water partition coefficient (Wildman–Crippen LogP) is 3.41. The molecule has 0 amide bonds. The van der Waals surface area contributed by atoms with Gasteiger partial charge in [-0.15, -0.1) is 11.3 Å². The molecule has 0 spiro atoms. The van der Waals surface area contributed by atoms with E-state index in [1.165, 1.54) is 18.3 Å². The molecule has 1 rings (SSSR count). The second-order valence-corrected chi connectivity index (χ2v) is 5.57. The molecule has 2 N–H and O–H groups in total. The third-order valence-corrected chi connectivity index (χ3v) is 3.72. The normalized spacial score (nSPS) is 15.2. The van der Waals surface area contributed by atoms with Gasteiger partial charge in [0.2, 0.25) is 0 Å². The molecule has 0 aromatic carbocycles. The summed E-state index contributed by atoms with van der Waals surface area (Å²) in [6.45, 7) is 1.76. The van der Waals surface area contributed by atoms with E-state index in [1.807, 2.05) is 17.5 Å². The summed E-state index contributed by atoms with van der Waals surface area (Å²) in [5.41, 5.74) is -1.34. The maximum atomic E-state index is 12.1. The van der Waals surface area contributed by atoms with Gasteiger partial charge in [0, 0.05) is 17.8 Å². The van der Waals surface area contributed by atoms with Gasteiger partial charge in [-0.05, 0) is 31.2 Å². The average molecular weight is 295 g/mol. The fraction of sp³-hybridized carbons (Fsp3) is 0.583. The topological polar surface area (TPSA) is 49.3 Å². The van der Waals surface area contributed by atoms with Gasteiger partial charge in [0.25, 0.3) is 0 Å². The lowest BCUT2D eigenvalue weighted by atomic mass is 9.94. The highest BCUT2D eigenvalue weighted by molar-refractivity contribution is 7.09. The van der Waals surface area contributed by atoms with Crippen LogP contribution in [0.15, 0.2) is 17.5 Å². The molecule has 1 heterocycles. The molecular weight excluding hydrogens is 279 g/mol. The maximum absolute atomic E-state index is 12.1. The summed E-state index contributed by atoms with van der Waals surface area (Å²) in [6.07, 6.45) is -5.47. The number of carboxylic acids is 1. The number of thiophene rings is 1. The minimum Gasteiger partial charge on any atom is -0.480 e. The lowest BCUT2D eigenvalue weighted by Crippen LogP contribution is -2.49. The lowest BCUT2D eigenvalue weighted by Gasteiger charge is -2.26. The fourth-order valence-corrected chi connectivity index (χ4v) is 2.25. The van der Waals surface area contributed by atoms with Crippen molar-refractivity contribution in [1.82, 2.24) is 5.32 Å². The number of hydrogen-bond donors (Lipinski definition) is 2. The molecule has 1 atom stereocenters. The summed E-state index contributed by atoms with van der Waals surface area (Å²) in [6, 6.07) is 3.68. The van der Waals surface area contributed by atoms with Crippen LogP contribution in [0.25, 0.3) is 0 Å². The molecule has 0 saturated carbocycles. The Morgan fingerprint density at radius 2 is 2.11 bits per heavy atom. The van der Waals surface area contributed by atoms with E-state index in [2.05, 4.69) is 5.32 Å². The molecule has 3 nitrogen and oxygen atoms in total. The molecule has 1 aromatic heterocycles. The van der Waals surface area contributed by atoms with Crippen molar-refractivity contribution >= 4 is 17.3 Å². The van der Waals surface area contributed by atoms with Gasteiger partial charge >= 0.3 is 12.1 Å². The van der Waals surface area contributed by atoms with E-state index in [1.54, 1.807) is 0 Å². The summed E-state index contributed by atoms with van der Waals surface area (Å²) < 4.78 is 36.2. The second-order valence-electron chi connectivity index (χ2n) is 4.54. The van der Waals surface area contributed by atoms with Gasteiger partial charge in [0.05, 0.1) is 0 Å². The zero-order chi connectivity index (χ0) is 14.5. The van der Waals surface area contributed by atoms with Crippen molar-refractivity contribution in [2.45, 2.75) is 44.4 Å². The predicted molar refractivity (Wildman–Crippen MR) is 67.1 cm³/mol. The van der Waals surface area contributed by atoms with Crippen molar-refractivity contribution in [3.63, 3.8) is 0 Å². The Labute approximate surface area is 113 Å². The zero-order valence-corrected chi connectivity index (χ0v) is 11.3. The van der Waals surface area contributed by atoms with Crippen LogP contribution in [0.1, 0.15) is 31.1 Å². The second kappa shape index (κ2) is 6.38. The zero-order valence-electron chi connectivity index (χ0n) is 10.5. The van der Waals surface area contributed by atoms with Crippen molar-refractivity contribution in [3.8, 4) is 0 Å². The number of rotatable bonds is 7. The molecular formula is C12H16F3NO2S. The van der Waals surface area contributed by atoms with Crippen LogP contribution in [0.3, 0.4) is 0 Å². The molecule has 108 valence electrons. The van der Waals surface area contributed by atoms with Gasteiger partial charge < -0.3 is 5.11 Å². The van der Waals surface area contributed by atoms with Gasteiger partial charge in [-0.2, -0.15) is 13.2 Å². The monoisotopic (exact) mass is 295 g/mol. The molecule has 0 saturated heterocycles. The average Bonchev–Trinajstić information content (AvgIpc) is 2.77. The van der Waals surface area contributed by atoms with Crippen LogP contribution in [0.2, 0.25) is 0 Å². The molecule has 0 aliphatic carbocycles.